The maximum Gasteiger partial charge on any atom is 0.337 e. The molecule has 0 aliphatic heterocycles. The van der Waals surface area contributed by atoms with E-state index in [1.54, 1.807) is 0 Å². The largest absolute Gasteiger partial charge is 0.497 e. The van der Waals surface area contributed by atoms with Crippen LogP contribution < -0.4 is 10.1 Å². The Balaban J connectivity index is 2.31. The molecule has 7 heteroatoms. The van der Waals surface area contributed by atoms with Gasteiger partial charge in [0.05, 0.1) is 24.6 Å². The van der Waals surface area contributed by atoms with E-state index >= 15 is 0 Å². The molecular weight excluding hydrogens is 279 g/mol. The number of methoxy groups -OCH3 is 1. The fourth-order valence-electron chi connectivity index (χ4n) is 1.64. The number of carbonyl (C=O) groups excluding carboxylic acids is 1. The van der Waals surface area contributed by atoms with Crippen LogP contribution in [0.2, 0.25) is 0 Å². The summed E-state index contributed by atoms with van der Waals surface area (Å²) in [6, 6.07) is 6.45. The predicted octanol–water partition coefficient (Wildman–Crippen LogP) is 2.18. The lowest BCUT2D eigenvalue weighted by Gasteiger charge is -2.10. The molecule has 1 aromatic heterocycles. The van der Waals surface area contributed by atoms with Crippen molar-refractivity contribution in [2.24, 2.45) is 0 Å². The molecule has 0 saturated carbocycles. The number of amides is 1. The molecule has 21 heavy (non-hydrogen) atoms. The molecule has 0 radical (unpaired) electrons. The third kappa shape index (κ3) is 3.33. The fraction of sp³-hybridized carbons (Fsp3) is 0.0714. The Morgan fingerprint density at radius 1 is 1.29 bits per heavy atom. The average Bonchev–Trinajstić information content (AvgIpc) is 2.47. The lowest BCUT2D eigenvalue weighted by Crippen LogP contribution is -2.16. The van der Waals surface area contributed by atoms with Gasteiger partial charge in [0, 0.05) is 6.07 Å². The number of nitrogens with one attached hydrogen (secondary N) is 1. The number of carboxylic acid groups (broad SMARTS) is 1. The van der Waals surface area contributed by atoms with Crippen molar-refractivity contribution in [2.45, 2.75) is 0 Å². The molecule has 2 rings (SSSR count). The minimum absolute atomic E-state index is 0.0319. The van der Waals surface area contributed by atoms with Crippen LogP contribution in [-0.2, 0) is 0 Å². The molecule has 0 aliphatic carbocycles. The van der Waals surface area contributed by atoms with Gasteiger partial charge in [-0.25, -0.2) is 14.2 Å². The molecule has 0 atom stereocenters. The number of anilines is 1. The zero-order valence-electron chi connectivity index (χ0n) is 11.0. The van der Waals surface area contributed by atoms with Gasteiger partial charge >= 0.3 is 5.97 Å². The zero-order valence-corrected chi connectivity index (χ0v) is 11.0. The van der Waals surface area contributed by atoms with Crippen LogP contribution >= 0.6 is 0 Å². The summed E-state index contributed by atoms with van der Waals surface area (Å²) in [4.78, 5) is 26.7. The second kappa shape index (κ2) is 6.00. The number of aromatic nitrogens is 1. The first-order chi connectivity index (χ1) is 10.0. The van der Waals surface area contributed by atoms with Crippen LogP contribution in [0.4, 0.5) is 10.1 Å². The number of benzene rings is 1. The van der Waals surface area contributed by atoms with E-state index in [9.17, 15) is 14.0 Å². The van der Waals surface area contributed by atoms with Gasteiger partial charge in [0.15, 0.2) is 0 Å². The number of ether oxygens (including phenoxy) is 1. The van der Waals surface area contributed by atoms with Gasteiger partial charge in [-0.2, -0.15) is 0 Å². The molecule has 1 amide bonds. The monoisotopic (exact) mass is 290 g/mol. The molecule has 2 aromatic rings. The van der Waals surface area contributed by atoms with E-state index < -0.39 is 17.7 Å². The lowest BCUT2D eigenvalue weighted by atomic mass is 10.1. The third-order valence-electron chi connectivity index (χ3n) is 2.67. The van der Waals surface area contributed by atoms with Gasteiger partial charge in [-0.15, -0.1) is 0 Å². The number of carbonyl (C=O) groups is 2. The molecular formula is C14H11FN2O4. The Labute approximate surface area is 119 Å². The number of hydrogen-bond donors (Lipinski definition) is 2. The van der Waals surface area contributed by atoms with Gasteiger partial charge in [-0.1, -0.05) is 0 Å². The Bertz CT molecular complexity index is 686. The van der Waals surface area contributed by atoms with Gasteiger partial charge in [0.1, 0.15) is 17.3 Å². The van der Waals surface area contributed by atoms with Crippen LogP contribution in [0.5, 0.6) is 5.75 Å². The number of rotatable bonds is 4. The summed E-state index contributed by atoms with van der Waals surface area (Å²) in [5.74, 6) is -2.02. The van der Waals surface area contributed by atoms with Crippen LogP contribution in [0.1, 0.15) is 20.8 Å². The Kier molecular flexibility index (Phi) is 4.13. The molecule has 1 aromatic carbocycles. The highest BCUT2D eigenvalue weighted by Gasteiger charge is 2.15. The van der Waals surface area contributed by atoms with Crippen molar-refractivity contribution < 1.29 is 23.8 Å². The van der Waals surface area contributed by atoms with Gasteiger partial charge < -0.3 is 15.2 Å². The molecule has 1 heterocycles. The van der Waals surface area contributed by atoms with Gasteiger partial charge in [-0.3, -0.25) is 4.79 Å². The number of nitrogens with zero attached hydrogens (tertiary/aromatic N) is 1. The van der Waals surface area contributed by atoms with E-state index in [1.165, 1.54) is 31.4 Å². The normalized spacial score (nSPS) is 10.0. The number of hydrogen-bond acceptors (Lipinski definition) is 4. The van der Waals surface area contributed by atoms with Gasteiger partial charge in [0.2, 0.25) is 0 Å². The summed E-state index contributed by atoms with van der Waals surface area (Å²) in [6.45, 7) is 0. The van der Waals surface area contributed by atoms with E-state index in [0.29, 0.717) is 5.75 Å². The van der Waals surface area contributed by atoms with E-state index in [2.05, 4.69) is 10.3 Å². The van der Waals surface area contributed by atoms with Crippen LogP contribution in [0.15, 0.2) is 36.5 Å². The number of pyridine rings is 1. The molecule has 0 bridgehead atoms. The molecule has 108 valence electrons. The Hall–Kier alpha value is -2.96. The maximum absolute atomic E-state index is 12.8. The van der Waals surface area contributed by atoms with Crippen LogP contribution in [0.25, 0.3) is 0 Å². The Morgan fingerprint density at radius 3 is 2.62 bits per heavy atom. The summed E-state index contributed by atoms with van der Waals surface area (Å²) in [6.07, 6.45) is 0.901. The highest BCUT2D eigenvalue weighted by Crippen LogP contribution is 2.23. The van der Waals surface area contributed by atoms with Gasteiger partial charge in [0.25, 0.3) is 5.91 Å². The smallest absolute Gasteiger partial charge is 0.337 e. The maximum atomic E-state index is 12.8. The molecule has 0 aliphatic rings. The van der Waals surface area contributed by atoms with Crippen molar-refractivity contribution >= 4 is 17.6 Å². The number of aromatic carboxylic acids is 1. The minimum Gasteiger partial charge on any atom is -0.497 e. The molecule has 6 nitrogen and oxygen atoms in total. The van der Waals surface area contributed by atoms with Crippen molar-refractivity contribution in [1.82, 2.24) is 4.98 Å². The first kappa shape index (κ1) is 14.4. The topological polar surface area (TPSA) is 88.5 Å². The predicted molar refractivity (Wildman–Crippen MR) is 72.1 cm³/mol. The second-order valence-electron chi connectivity index (χ2n) is 4.03. The van der Waals surface area contributed by atoms with E-state index in [4.69, 9.17) is 9.84 Å². The molecule has 0 fully saturated rings. The number of halogens is 1. The van der Waals surface area contributed by atoms with E-state index in [-0.39, 0.29) is 16.9 Å². The standard InChI is InChI=1S/C14H11FN2O4/c1-21-9-3-4-10(14(19)20)12(6-9)17-13(18)11-5-2-8(15)7-16-11/h2-7H,1H3,(H,17,18)(H,19,20). The van der Waals surface area contributed by atoms with Crippen molar-refractivity contribution in [2.75, 3.05) is 12.4 Å². The SMILES string of the molecule is COc1ccc(C(=O)O)c(NC(=O)c2ccc(F)cn2)c1. The Morgan fingerprint density at radius 2 is 2.05 bits per heavy atom. The summed E-state index contributed by atoms with van der Waals surface area (Å²) < 4.78 is 17.7. The zero-order chi connectivity index (χ0) is 15.4. The summed E-state index contributed by atoms with van der Waals surface area (Å²) in [7, 11) is 1.42. The van der Waals surface area contributed by atoms with Crippen LogP contribution in [-0.4, -0.2) is 29.1 Å². The van der Waals surface area contributed by atoms with Crippen molar-refractivity contribution in [3.63, 3.8) is 0 Å². The highest BCUT2D eigenvalue weighted by atomic mass is 19.1. The second-order valence-corrected chi connectivity index (χ2v) is 4.03. The van der Waals surface area contributed by atoms with Crippen molar-refractivity contribution in [1.29, 1.82) is 0 Å². The minimum atomic E-state index is -1.19. The average molecular weight is 290 g/mol. The summed E-state index contributed by atoms with van der Waals surface area (Å²) in [5.41, 5.74) is -0.0557. The molecule has 0 saturated heterocycles. The third-order valence-corrected chi connectivity index (χ3v) is 2.67. The number of carboxylic acids is 1. The first-order valence-electron chi connectivity index (χ1n) is 5.85. The summed E-state index contributed by atoms with van der Waals surface area (Å²) >= 11 is 0. The molecule has 2 N–H and O–H groups in total. The van der Waals surface area contributed by atoms with Crippen molar-refractivity contribution in [3.05, 3.63) is 53.6 Å². The first-order valence-corrected chi connectivity index (χ1v) is 5.85. The fourth-order valence-corrected chi connectivity index (χ4v) is 1.64. The van der Waals surface area contributed by atoms with E-state index in [1.807, 2.05) is 0 Å². The van der Waals surface area contributed by atoms with Crippen molar-refractivity contribution in [3.8, 4) is 5.75 Å². The quantitative estimate of drug-likeness (QED) is 0.901. The van der Waals surface area contributed by atoms with Crippen LogP contribution in [0.3, 0.4) is 0 Å². The molecule has 0 unspecified atom stereocenters. The molecule has 0 spiro atoms. The summed E-state index contributed by atoms with van der Waals surface area (Å²) in [5, 5.41) is 11.5. The van der Waals surface area contributed by atoms with Crippen LogP contribution in [0, 0.1) is 5.82 Å². The highest BCUT2D eigenvalue weighted by molar-refractivity contribution is 6.06. The van der Waals surface area contributed by atoms with Gasteiger partial charge in [-0.05, 0) is 24.3 Å². The van der Waals surface area contributed by atoms with E-state index in [0.717, 1.165) is 12.3 Å². The lowest BCUT2D eigenvalue weighted by molar-refractivity contribution is 0.0698.